The summed E-state index contributed by atoms with van der Waals surface area (Å²) in [7, 11) is 0. The van der Waals surface area contributed by atoms with Gasteiger partial charge in [-0.1, -0.05) is 36.8 Å². The fraction of sp³-hybridized carbons (Fsp3) is 0.235. The monoisotopic (exact) mass is 283 g/mol. The second kappa shape index (κ2) is 5.30. The van der Waals surface area contributed by atoms with Crippen LogP contribution in [0.2, 0.25) is 0 Å². The highest BCUT2D eigenvalue weighted by molar-refractivity contribution is 5.67. The molecule has 1 aromatic carbocycles. The van der Waals surface area contributed by atoms with E-state index in [0.717, 1.165) is 22.6 Å². The Bertz CT molecular complexity index is 775. The maximum Gasteiger partial charge on any atom is 0.139 e. The lowest BCUT2D eigenvalue weighted by molar-refractivity contribution is 0.615. The Morgan fingerprint density at radius 1 is 1.19 bits per heavy atom. The number of aromatic nitrogens is 2. The Morgan fingerprint density at radius 2 is 1.90 bits per heavy atom. The van der Waals surface area contributed by atoms with E-state index in [1.165, 1.54) is 17.8 Å². The molecule has 0 aliphatic carbocycles. The van der Waals surface area contributed by atoms with Gasteiger partial charge in [-0.25, -0.2) is 9.37 Å². The number of aryl methyl sites for hydroxylation is 1. The van der Waals surface area contributed by atoms with Crippen LogP contribution in [0.3, 0.4) is 0 Å². The molecule has 2 N–H and O–H groups in total. The van der Waals surface area contributed by atoms with Gasteiger partial charge in [-0.15, -0.1) is 0 Å². The third kappa shape index (κ3) is 2.43. The maximum absolute atomic E-state index is 13.6. The van der Waals surface area contributed by atoms with Crippen LogP contribution in [0, 0.1) is 12.7 Å². The minimum absolute atomic E-state index is 0.0955. The summed E-state index contributed by atoms with van der Waals surface area (Å²) in [5, 5.41) is 0. The summed E-state index contributed by atoms with van der Waals surface area (Å²) < 4.78 is 15.4. The van der Waals surface area contributed by atoms with Crippen LogP contribution in [0.25, 0.3) is 16.9 Å². The highest BCUT2D eigenvalue weighted by Gasteiger charge is 2.18. The van der Waals surface area contributed by atoms with E-state index in [2.05, 4.69) is 17.1 Å². The molecule has 0 aliphatic heterocycles. The van der Waals surface area contributed by atoms with Gasteiger partial charge in [0, 0.05) is 24.2 Å². The van der Waals surface area contributed by atoms with E-state index in [9.17, 15) is 4.39 Å². The van der Waals surface area contributed by atoms with Crippen molar-refractivity contribution in [3.05, 3.63) is 59.7 Å². The predicted molar refractivity (Wildman–Crippen MR) is 82.8 cm³/mol. The van der Waals surface area contributed by atoms with Crippen LogP contribution in [0.5, 0.6) is 0 Å². The van der Waals surface area contributed by atoms with Crippen LogP contribution in [-0.4, -0.2) is 15.9 Å². The molecule has 0 spiro atoms. The van der Waals surface area contributed by atoms with Crippen LogP contribution in [0.1, 0.15) is 24.1 Å². The summed E-state index contributed by atoms with van der Waals surface area (Å²) in [4.78, 5) is 4.66. The van der Waals surface area contributed by atoms with E-state index < -0.39 is 0 Å². The number of nitrogens with two attached hydrogens (primary N) is 1. The van der Waals surface area contributed by atoms with E-state index >= 15 is 0 Å². The fourth-order valence-corrected chi connectivity index (χ4v) is 2.54. The number of hydrogen-bond acceptors (Lipinski definition) is 2. The van der Waals surface area contributed by atoms with Crippen LogP contribution in [0.15, 0.2) is 42.6 Å². The van der Waals surface area contributed by atoms with Crippen molar-refractivity contribution in [2.45, 2.75) is 19.8 Å². The zero-order valence-corrected chi connectivity index (χ0v) is 12.2. The molecule has 108 valence electrons. The largest absolute Gasteiger partial charge is 0.330 e. The molecule has 2 heterocycles. The molecule has 3 rings (SSSR count). The zero-order valence-electron chi connectivity index (χ0n) is 12.2. The molecule has 0 amide bonds. The number of imidazole rings is 1. The number of halogens is 1. The van der Waals surface area contributed by atoms with Crippen molar-refractivity contribution in [3.8, 4) is 11.3 Å². The smallest absolute Gasteiger partial charge is 0.139 e. The molecule has 2 aromatic heterocycles. The van der Waals surface area contributed by atoms with E-state index in [1.54, 1.807) is 6.07 Å². The first kappa shape index (κ1) is 13.8. The standard InChI is InChI=1S/C17H18FN3/c1-11-3-5-13(6-4-11)16-17(12(2)9-19)21-10-14(18)7-8-15(21)20-16/h3-8,10,12H,9,19H2,1-2H3. The molecule has 0 saturated carbocycles. The summed E-state index contributed by atoms with van der Waals surface area (Å²) in [6, 6.07) is 11.3. The van der Waals surface area contributed by atoms with Gasteiger partial charge in [0.2, 0.25) is 0 Å². The van der Waals surface area contributed by atoms with E-state index in [-0.39, 0.29) is 11.7 Å². The predicted octanol–water partition coefficient (Wildman–Crippen LogP) is 3.51. The number of rotatable bonds is 3. The van der Waals surface area contributed by atoms with Crippen LogP contribution < -0.4 is 5.73 Å². The van der Waals surface area contributed by atoms with E-state index in [4.69, 9.17) is 5.73 Å². The average Bonchev–Trinajstić information content (AvgIpc) is 2.85. The molecule has 21 heavy (non-hydrogen) atoms. The number of fused-ring (bicyclic) bond motifs is 1. The number of pyridine rings is 1. The summed E-state index contributed by atoms with van der Waals surface area (Å²) in [6.07, 6.45) is 1.47. The highest BCUT2D eigenvalue weighted by atomic mass is 19.1. The normalized spacial score (nSPS) is 12.8. The van der Waals surface area contributed by atoms with Gasteiger partial charge in [0.25, 0.3) is 0 Å². The van der Waals surface area contributed by atoms with Crippen molar-refractivity contribution in [3.63, 3.8) is 0 Å². The molecule has 0 bridgehead atoms. The van der Waals surface area contributed by atoms with Crippen molar-refractivity contribution in [1.82, 2.24) is 9.38 Å². The molecule has 0 radical (unpaired) electrons. The van der Waals surface area contributed by atoms with Gasteiger partial charge in [-0.05, 0) is 19.1 Å². The summed E-state index contributed by atoms with van der Waals surface area (Å²) in [5.74, 6) is -0.182. The van der Waals surface area contributed by atoms with E-state index in [0.29, 0.717) is 6.54 Å². The van der Waals surface area contributed by atoms with E-state index in [1.807, 2.05) is 30.4 Å². The number of nitrogens with zero attached hydrogens (tertiary/aromatic N) is 2. The molecule has 1 atom stereocenters. The fourth-order valence-electron chi connectivity index (χ4n) is 2.54. The maximum atomic E-state index is 13.6. The zero-order chi connectivity index (χ0) is 15.0. The second-order valence-electron chi connectivity index (χ2n) is 5.42. The Hall–Kier alpha value is -2.20. The third-order valence-electron chi connectivity index (χ3n) is 3.76. The van der Waals surface area contributed by atoms with Crippen molar-refractivity contribution in [2.24, 2.45) is 5.73 Å². The Balaban J connectivity index is 2.28. The van der Waals surface area contributed by atoms with Crippen molar-refractivity contribution in [1.29, 1.82) is 0 Å². The SMILES string of the molecule is Cc1ccc(-c2nc3ccc(F)cn3c2C(C)CN)cc1. The van der Waals surface area contributed by atoms with Gasteiger partial charge in [-0.2, -0.15) is 0 Å². The lowest BCUT2D eigenvalue weighted by atomic mass is 10.0. The lowest BCUT2D eigenvalue weighted by Gasteiger charge is -2.11. The van der Waals surface area contributed by atoms with Gasteiger partial charge >= 0.3 is 0 Å². The minimum atomic E-state index is -0.277. The summed E-state index contributed by atoms with van der Waals surface area (Å²) >= 11 is 0. The Labute approximate surface area is 123 Å². The van der Waals surface area contributed by atoms with Crippen LogP contribution in [-0.2, 0) is 0 Å². The molecule has 0 fully saturated rings. The van der Waals surface area contributed by atoms with Gasteiger partial charge in [-0.3, -0.25) is 0 Å². The Morgan fingerprint density at radius 3 is 2.57 bits per heavy atom. The molecular formula is C17H18FN3. The molecular weight excluding hydrogens is 265 g/mol. The molecule has 3 nitrogen and oxygen atoms in total. The summed E-state index contributed by atoms with van der Waals surface area (Å²) in [6.45, 7) is 4.57. The molecule has 0 aliphatic rings. The van der Waals surface area contributed by atoms with Gasteiger partial charge in [0.05, 0.1) is 11.4 Å². The quantitative estimate of drug-likeness (QED) is 0.799. The first-order chi connectivity index (χ1) is 10.1. The van der Waals surface area contributed by atoms with Gasteiger partial charge in [0.15, 0.2) is 0 Å². The lowest BCUT2D eigenvalue weighted by Crippen LogP contribution is -2.12. The molecule has 1 unspecified atom stereocenters. The molecule has 3 aromatic rings. The molecule has 0 saturated heterocycles. The van der Waals surface area contributed by atoms with Gasteiger partial charge < -0.3 is 10.1 Å². The van der Waals surface area contributed by atoms with Crippen molar-refractivity contribution >= 4 is 5.65 Å². The minimum Gasteiger partial charge on any atom is -0.330 e. The highest BCUT2D eigenvalue weighted by Crippen LogP contribution is 2.30. The topological polar surface area (TPSA) is 43.3 Å². The van der Waals surface area contributed by atoms with Crippen molar-refractivity contribution in [2.75, 3.05) is 6.54 Å². The van der Waals surface area contributed by atoms with Crippen LogP contribution >= 0.6 is 0 Å². The Kier molecular flexibility index (Phi) is 3.47. The van der Waals surface area contributed by atoms with Crippen LogP contribution in [0.4, 0.5) is 4.39 Å². The second-order valence-corrected chi connectivity index (χ2v) is 5.42. The van der Waals surface area contributed by atoms with Gasteiger partial charge in [0.1, 0.15) is 11.5 Å². The first-order valence-corrected chi connectivity index (χ1v) is 7.04. The number of benzene rings is 1. The average molecular weight is 283 g/mol. The van der Waals surface area contributed by atoms with Crippen molar-refractivity contribution < 1.29 is 4.39 Å². The first-order valence-electron chi connectivity index (χ1n) is 7.04. The molecule has 4 heteroatoms. The number of hydrogen-bond donors (Lipinski definition) is 1. The third-order valence-corrected chi connectivity index (χ3v) is 3.76. The summed E-state index contributed by atoms with van der Waals surface area (Å²) in [5.41, 5.74) is 10.6.